The molecule has 5 nitrogen and oxygen atoms in total. The molecule has 2 rings (SSSR count). The van der Waals surface area contributed by atoms with E-state index < -0.39 is 5.91 Å². The lowest BCUT2D eigenvalue weighted by Gasteiger charge is -2.09. The molecule has 0 aliphatic rings. The Hall–Kier alpha value is -2.82. The molecule has 0 spiro atoms. The lowest BCUT2D eigenvalue weighted by Crippen LogP contribution is -2.10. The number of benzene rings is 2. The van der Waals surface area contributed by atoms with Gasteiger partial charge in [0.2, 0.25) is 5.91 Å². The van der Waals surface area contributed by atoms with Crippen molar-refractivity contribution in [2.24, 2.45) is 5.73 Å². The summed E-state index contributed by atoms with van der Waals surface area (Å²) in [6, 6.07) is 11.3. The van der Waals surface area contributed by atoms with Gasteiger partial charge < -0.3 is 16.2 Å². The van der Waals surface area contributed by atoms with Crippen molar-refractivity contribution in [3.63, 3.8) is 0 Å². The molecule has 5 heteroatoms. The minimum atomic E-state index is -0.526. The van der Waals surface area contributed by atoms with Crippen LogP contribution in [0.4, 0.5) is 5.69 Å². The molecule has 0 unspecified atom stereocenters. The summed E-state index contributed by atoms with van der Waals surface area (Å²) in [4.78, 5) is 22.4. The van der Waals surface area contributed by atoms with Crippen molar-refractivity contribution in [3.05, 3.63) is 53.6 Å². The van der Waals surface area contributed by atoms with Crippen LogP contribution in [0.3, 0.4) is 0 Å². The van der Waals surface area contributed by atoms with E-state index in [1.807, 2.05) is 0 Å². The van der Waals surface area contributed by atoms with Crippen molar-refractivity contribution in [1.29, 1.82) is 0 Å². The summed E-state index contributed by atoms with van der Waals surface area (Å²) in [5, 5.41) is 0. The van der Waals surface area contributed by atoms with Crippen LogP contribution in [0.1, 0.15) is 27.6 Å². The summed E-state index contributed by atoms with van der Waals surface area (Å²) in [6.07, 6.45) is 0. The van der Waals surface area contributed by atoms with E-state index in [4.69, 9.17) is 16.2 Å². The predicted octanol–water partition coefficient (Wildman–Crippen LogP) is 2.36. The van der Waals surface area contributed by atoms with Gasteiger partial charge in [0.1, 0.15) is 11.5 Å². The molecule has 20 heavy (non-hydrogen) atoms. The largest absolute Gasteiger partial charge is 0.457 e. The molecule has 0 saturated heterocycles. The molecule has 0 radical (unpaired) electrons. The summed E-state index contributed by atoms with van der Waals surface area (Å²) < 4.78 is 5.59. The standard InChI is InChI=1S/C15H14N2O3/c1-9(18)13-6-5-12(8-14(13)16)20-11-4-2-3-10(7-11)15(17)19/h2-8H,16H2,1H3,(H2,17,19). The van der Waals surface area contributed by atoms with Crippen LogP contribution in [-0.2, 0) is 0 Å². The normalized spacial score (nSPS) is 10.1. The number of nitrogen functional groups attached to an aromatic ring is 1. The molecule has 102 valence electrons. The van der Waals surface area contributed by atoms with Gasteiger partial charge in [-0.25, -0.2) is 0 Å². The molecular formula is C15H14N2O3. The maximum absolute atomic E-state index is 11.3. The van der Waals surface area contributed by atoms with Crippen molar-refractivity contribution < 1.29 is 14.3 Å². The van der Waals surface area contributed by atoms with Gasteiger partial charge in [0.25, 0.3) is 0 Å². The molecule has 0 bridgehead atoms. The molecule has 0 saturated carbocycles. The van der Waals surface area contributed by atoms with E-state index in [0.29, 0.717) is 28.3 Å². The van der Waals surface area contributed by atoms with Crippen LogP contribution in [0.25, 0.3) is 0 Å². The van der Waals surface area contributed by atoms with E-state index in [2.05, 4.69) is 0 Å². The minimum Gasteiger partial charge on any atom is -0.457 e. The second kappa shape index (κ2) is 5.44. The summed E-state index contributed by atoms with van der Waals surface area (Å²) >= 11 is 0. The van der Waals surface area contributed by atoms with Crippen LogP contribution >= 0.6 is 0 Å². The third-order valence-corrected chi connectivity index (χ3v) is 2.76. The van der Waals surface area contributed by atoms with E-state index in [1.165, 1.54) is 13.0 Å². The number of rotatable bonds is 4. The monoisotopic (exact) mass is 270 g/mol. The van der Waals surface area contributed by atoms with E-state index in [1.54, 1.807) is 36.4 Å². The highest BCUT2D eigenvalue weighted by Gasteiger charge is 2.07. The number of amides is 1. The Morgan fingerprint density at radius 1 is 1.05 bits per heavy atom. The number of hydrogen-bond acceptors (Lipinski definition) is 4. The molecule has 0 atom stereocenters. The summed E-state index contributed by atoms with van der Waals surface area (Å²) in [7, 11) is 0. The third-order valence-electron chi connectivity index (χ3n) is 2.76. The number of Topliss-reactive ketones (excluding diaryl/α,β-unsaturated/α-hetero) is 1. The quantitative estimate of drug-likeness (QED) is 0.658. The maximum Gasteiger partial charge on any atom is 0.248 e. The molecule has 0 fully saturated rings. The number of ether oxygens (including phenoxy) is 1. The highest BCUT2D eigenvalue weighted by Crippen LogP contribution is 2.26. The molecule has 0 aliphatic carbocycles. The average Bonchev–Trinajstić information content (AvgIpc) is 2.38. The van der Waals surface area contributed by atoms with Crippen LogP contribution < -0.4 is 16.2 Å². The zero-order valence-electron chi connectivity index (χ0n) is 10.9. The number of hydrogen-bond donors (Lipinski definition) is 2. The average molecular weight is 270 g/mol. The first-order valence-electron chi connectivity index (χ1n) is 5.95. The van der Waals surface area contributed by atoms with Crippen LogP contribution in [0.2, 0.25) is 0 Å². The first-order chi connectivity index (χ1) is 9.47. The zero-order chi connectivity index (χ0) is 14.7. The van der Waals surface area contributed by atoms with Gasteiger partial charge in [0.15, 0.2) is 5.78 Å². The van der Waals surface area contributed by atoms with Gasteiger partial charge in [0, 0.05) is 22.9 Å². The van der Waals surface area contributed by atoms with Gasteiger partial charge in [-0.3, -0.25) is 9.59 Å². The van der Waals surface area contributed by atoms with Gasteiger partial charge in [-0.2, -0.15) is 0 Å². The van der Waals surface area contributed by atoms with Crippen molar-refractivity contribution in [1.82, 2.24) is 0 Å². The Balaban J connectivity index is 2.26. The molecule has 2 aromatic rings. The molecule has 0 aliphatic heterocycles. The Morgan fingerprint density at radius 2 is 1.75 bits per heavy atom. The summed E-state index contributed by atoms with van der Waals surface area (Å²) in [6.45, 7) is 1.45. The number of carbonyl (C=O) groups is 2. The molecule has 0 heterocycles. The van der Waals surface area contributed by atoms with E-state index in [-0.39, 0.29) is 5.78 Å². The maximum atomic E-state index is 11.3. The number of nitrogens with two attached hydrogens (primary N) is 2. The first kappa shape index (κ1) is 13.6. The fraction of sp³-hybridized carbons (Fsp3) is 0.0667. The van der Waals surface area contributed by atoms with Crippen molar-refractivity contribution in [2.45, 2.75) is 6.92 Å². The molecule has 0 aromatic heterocycles. The van der Waals surface area contributed by atoms with Gasteiger partial charge in [0.05, 0.1) is 0 Å². The van der Waals surface area contributed by atoms with Crippen LogP contribution in [0.5, 0.6) is 11.5 Å². The fourth-order valence-electron chi connectivity index (χ4n) is 1.77. The number of primary amides is 1. The topological polar surface area (TPSA) is 95.4 Å². The molecule has 1 amide bonds. The number of ketones is 1. The third kappa shape index (κ3) is 2.95. The highest BCUT2D eigenvalue weighted by molar-refractivity contribution is 5.99. The number of carbonyl (C=O) groups excluding carboxylic acids is 2. The van der Waals surface area contributed by atoms with E-state index in [9.17, 15) is 9.59 Å². The van der Waals surface area contributed by atoms with Crippen molar-refractivity contribution >= 4 is 17.4 Å². The zero-order valence-corrected chi connectivity index (χ0v) is 10.9. The lowest BCUT2D eigenvalue weighted by molar-refractivity contribution is 0.0996. The first-order valence-corrected chi connectivity index (χ1v) is 5.95. The number of anilines is 1. The lowest BCUT2D eigenvalue weighted by atomic mass is 10.1. The second-order valence-corrected chi connectivity index (χ2v) is 4.30. The second-order valence-electron chi connectivity index (χ2n) is 4.30. The van der Waals surface area contributed by atoms with Gasteiger partial charge in [-0.15, -0.1) is 0 Å². The summed E-state index contributed by atoms with van der Waals surface area (Å²) in [5.74, 6) is 0.317. The predicted molar refractivity (Wildman–Crippen MR) is 75.9 cm³/mol. The van der Waals surface area contributed by atoms with E-state index in [0.717, 1.165) is 0 Å². The Morgan fingerprint density at radius 3 is 2.35 bits per heavy atom. The summed E-state index contributed by atoms with van der Waals surface area (Å²) in [5.41, 5.74) is 12.1. The molecular weight excluding hydrogens is 256 g/mol. The smallest absolute Gasteiger partial charge is 0.248 e. The minimum absolute atomic E-state index is 0.107. The van der Waals surface area contributed by atoms with E-state index >= 15 is 0 Å². The molecule has 2 aromatic carbocycles. The van der Waals surface area contributed by atoms with Gasteiger partial charge in [-0.05, 0) is 37.3 Å². The fourth-order valence-corrected chi connectivity index (χ4v) is 1.77. The van der Waals surface area contributed by atoms with Crippen LogP contribution in [0.15, 0.2) is 42.5 Å². The van der Waals surface area contributed by atoms with Crippen molar-refractivity contribution in [3.8, 4) is 11.5 Å². The Bertz CT molecular complexity index is 681. The highest BCUT2D eigenvalue weighted by atomic mass is 16.5. The Labute approximate surface area is 116 Å². The molecule has 4 N–H and O–H groups in total. The van der Waals surface area contributed by atoms with Crippen molar-refractivity contribution in [2.75, 3.05) is 5.73 Å². The van der Waals surface area contributed by atoms with Crippen LogP contribution in [-0.4, -0.2) is 11.7 Å². The van der Waals surface area contributed by atoms with Crippen LogP contribution in [0, 0.1) is 0 Å². The Kier molecular flexibility index (Phi) is 3.70. The SMILES string of the molecule is CC(=O)c1ccc(Oc2cccc(C(N)=O)c2)cc1N. The van der Waals surface area contributed by atoms with Gasteiger partial charge >= 0.3 is 0 Å². The van der Waals surface area contributed by atoms with Gasteiger partial charge in [-0.1, -0.05) is 6.07 Å².